The van der Waals surface area contributed by atoms with E-state index in [1.807, 2.05) is 12.1 Å². The molecule has 3 aromatic rings. The third-order valence-electron chi connectivity index (χ3n) is 2.69. The highest BCUT2D eigenvalue weighted by atomic mass is 35.5. The number of aromatic amines is 1. The summed E-state index contributed by atoms with van der Waals surface area (Å²) in [5.41, 5.74) is 2.43. The van der Waals surface area contributed by atoms with Crippen LogP contribution in [0.1, 0.15) is 0 Å². The third kappa shape index (κ3) is 1.54. The van der Waals surface area contributed by atoms with Crippen LogP contribution in [0.15, 0.2) is 30.6 Å². The molecule has 4 nitrogen and oxygen atoms in total. The van der Waals surface area contributed by atoms with E-state index in [0.29, 0.717) is 17.1 Å². The summed E-state index contributed by atoms with van der Waals surface area (Å²) in [6, 6.07) is 5.49. The molecule has 5 heteroatoms. The molecule has 1 amide bonds. The zero-order valence-electron chi connectivity index (χ0n) is 8.70. The van der Waals surface area contributed by atoms with Crippen molar-refractivity contribution in [1.82, 2.24) is 9.97 Å². The molecule has 0 aliphatic carbocycles. The highest BCUT2D eigenvalue weighted by Gasteiger charge is 2.09. The summed E-state index contributed by atoms with van der Waals surface area (Å²) < 4.78 is 0. The topological polar surface area (TPSA) is 57.8 Å². The van der Waals surface area contributed by atoms with Crippen LogP contribution in [0, 0.1) is 0 Å². The van der Waals surface area contributed by atoms with Gasteiger partial charge in [0.05, 0.1) is 22.9 Å². The van der Waals surface area contributed by atoms with E-state index >= 15 is 0 Å². The average molecular weight is 246 g/mol. The molecule has 2 heterocycles. The molecule has 0 bridgehead atoms. The lowest BCUT2D eigenvalue weighted by Gasteiger charge is -2.01. The molecule has 0 aliphatic heterocycles. The zero-order valence-corrected chi connectivity index (χ0v) is 9.45. The van der Waals surface area contributed by atoms with Crippen molar-refractivity contribution in [2.75, 3.05) is 5.32 Å². The monoisotopic (exact) mass is 245 g/mol. The van der Waals surface area contributed by atoms with Gasteiger partial charge in [-0.25, -0.2) is 0 Å². The summed E-state index contributed by atoms with van der Waals surface area (Å²) in [5, 5.41) is 5.22. The number of carbonyl (C=O) groups is 1. The largest absolute Gasteiger partial charge is 0.352 e. The number of rotatable bonds is 2. The van der Waals surface area contributed by atoms with Crippen molar-refractivity contribution in [2.24, 2.45) is 0 Å². The number of amides is 1. The predicted molar refractivity (Wildman–Crippen MR) is 68.3 cm³/mol. The summed E-state index contributed by atoms with van der Waals surface area (Å²) in [5.74, 6) is 0. The van der Waals surface area contributed by atoms with Gasteiger partial charge in [0.2, 0.25) is 6.41 Å². The number of pyridine rings is 1. The van der Waals surface area contributed by atoms with Crippen molar-refractivity contribution < 1.29 is 4.79 Å². The highest BCUT2D eigenvalue weighted by molar-refractivity contribution is 6.32. The lowest BCUT2D eigenvalue weighted by atomic mass is 10.1. The summed E-state index contributed by atoms with van der Waals surface area (Å²) in [7, 11) is 0. The van der Waals surface area contributed by atoms with Gasteiger partial charge < -0.3 is 10.3 Å². The smallest absolute Gasteiger partial charge is 0.211 e. The number of nitrogens with one attached hydrogen (secondary N) is 2. The van der Waals surface area contributed by atoms with Gasteiger partial charge in [-0.1, -0.05) is 11.6 Å². The van der Waals surface area contributed by atoms with Gasteiger partial charge >= 0.3 is 0 Å². The minimum absolute atomic E-state index is 0.583. The molecule has 0 saturated heterocycles. The number of hydrogen-bond acceptors (Lipinski definition) is 2. The van der Waals surface area contributed by atoms with E-state index in [0.717, 1.165) is 21.8 Å². The molecule has 2 N–H and O–H groups in total. The maximum absolute atomic E-state index is 10.6. The number of anilines is 1. The lowest BCUT2D eigenvalue weighted by Crippen LogP contribution is -1.94. The van der Waals surface area contributed by atoms with Crippen LogP contribution in [0.3, 0.4) is 0 Å². The molecule has 2 aromatic heterocycles. The van der Waals surface area contributed by atoms with E-state index < -0.39 is 0 Å². The van der Waals surface area contributed by atoms with Gasteiger partial charge in [-0.15, -0.1) is 0 Å². The van der Waals surface area contributed by atoms with Crippen LogP contribution < -0.4 is 5.32 Å². The van der Waals surface area contributed by atoms with Crippen molar-refractivity contribution in [1.29, 1.82) is 0 Å². The summed E-state index contributed by atoms with van der Waals surface area (Å²) in [4.78, 5) is 17.8. The molecule has 3 rings (SSSR count). The molecule has 0 atom stereocenters. The Labute approximate surface area is 102 Å². The summed E-state index contributed by atoms with van der Waals surface area (Å²) in [6.07, 6.45) is 4.10. The molecule has 0 aliphatic rings. The maximum atomic E-state index is 10.6. The first-order valence-corrected chi connectivity index (χ1v) is 5.42. The van der Waals surface area contributed by atoms with E-state index in [2.05, 4.69) is 15.3 Å². The predicted octanol–water partition coefficient (Wildman–Crippen LogP) is 2.94. The van der Waals surface area contributed by atoms with Gasteiger partial charge in [-0.3, -0.25) is 9.78 Å². The Balaban J connectivity index is 2.46. The van der Waals surface area contributed by atoms with Gasteiger partial charge in [0.25, 0.3) is 0 Å². The van der Waals surface area contributed by atoms with E-state index in [1.165, 1.54) is 0 Å². The molecule has 0 fully saturated rings. The lowest BCUT2D eigenvalue weighted by molar-refractivity contribution is -0.105. The molecule has 84 valence electrons. The number of nitrogens with zero attached hydrogens (tertiary/aromatic N) is 1. The Hall–Kier alpha value is -2.07. The molecule has 0 unspecified atom stereocenters. The Morgan fingerprint density at radius 3 is 3.06 bits per heavy atom. The molecule has 0 spiro atoms. The second kappa shape index (κ2) is 3.75. The molecule has 0 saturated carbocycles. The average Bonchev–Trinajstić information content (AvgIpc) is 2.69. The molecular formula is C12H8ClN3O. The van der Waals surface area contributed by atoms with Crippen LogP contribution in [-0.2, 0) is 4.79 Å². The summed E-state index contributed by atoms with van der Waals surface area (Å²) in [6.45, 7) is 0. The summed E-state index contributed by atoms with van der Waals surface area (Å²) >= 11 is 6.03. The molecule has 17 heavy (non-hydrogen) atoms. The second-order valence-electron chi connectivity index (χ2n) is 3.68. The van der Waals surface area contributed by atoms with Crippen LogP contribution in [0.2, 0.25) is 5.02 Å². The fourth-order valence-corrected chi connectivity index (χ4v) is 2.21. The van der Waals surface area contributed by atoms with E-state index in [9.17, 15) is 4.79 Å². The van der Waals surface area contributed by atoms with Gasteiger partial charge in [0.15, 0.2) is 0 Å². The third-order valence-corrected chi connectivity index (χ3v) is 2.91. The normalized spacial score (nSPS) is 10.9. The Morgan fingerprint density at radius 2 is 2.24 bits per heavy atom. The number of aromatic nitrogens is 2. The van der Waals surface area contributed by atoms with Crippen LogP contribution >= 0.6 is 11.6 Å². The van der Waals surface area contributed by atoms with Crippen LogP contribution in [0.25, 0.3) is 21.8 Å². The minimum Gasteiger partial charge on any atom is -0.352 e. The van der Waals surface area contributed by atoms with Crippen molar-refractivity contribution in [2.45, 2.75) is 0 Å². The number of carbonyl (C=O) groups excluding carboxylic acids is 1. The van der Waals surface area contributed by atoms with Crippen molar-refractivity contribution in [3.63, 3.8) is 0 Å². The number of halogens is 1. The number of fused-ring (bicyclic) bond motifs is 3. The van der Waals surface area contributed by atoms with Gasteiger partial charge in [-0.05, 0) is 18.2 Å². The van der Waals surface area contributed by atoms with Crippen molar-refractivity contribution in [3.8, 4) is 0 Å². The number of benzene rings is 1. The fraction of sp³-hybridized carbons (Fsp3) is 0. The first kappa shape index (κ1) is 10.1. The van der Waals surface area contributed by atoms with Gasteiger partial charge in [0.1, 0.15) is 0 Å². The van der Waals surface area contributed by atoms with Crippen LogP contribution in [0.5, 0.6) is 0 Å². The van der Waals surface area contributed by atoms with Crippen LogP contribution in [-0.4, -0.2) is 16.4 Å². The highest BCUT2D eigenvalue weighted by Crippen LogP contribution is 2.32. The van der Waals surface area contributed by atoms with Gasteiger partial charge in [0, 0.05) is 22.0 Å². The molecule has 0 radical (unpaired) electrons. The van der Waals surface area contributed by atoms with Crippen LogP contribution in [0.4, 0.5) is 5.69 Å². The first-order chi connectivity index (χ1) is 8.29. The Morgan fingerprint density at radius 1 is 1.35 bits per heavy atom. The molecular weight excluding hydrogens is 238 g/mol. The first-order valence-electron chi connectivity index (χ1n) is 5.05. The van der Waals surface area contributed by atoms with E-state index in [1.54, 1.807) is 18.5 Å². The van der Waals surface area contributed by atoms with Crippen molar-refractivity contribution >= 4 is 45.5 Å². The Bertz CT molecular complexity index is 720. The number of H-pyrrole nitrogens is 1. The minimum atomic E-state index is 0.583. The van der Waals surface area contributed by atoms with E-state index in [-0.39, 0.29) is 0 Å². The zero-order chi connectivity index (χ0) is 11.8. The van der Waals surface area contributed by atoms with E-state index in [4.69, 9.17) is 11.6 Å². The maximum Gasteiger partial charge on any atom is 0.211 e. The van der Waals surface area contributed by atoms with Gasteiger partial charge in [-0.2, -0.15) is 0 Å². The fourth-order valence-electron chi connectivity index (χ4n) is 1.99. The number of hydrogen-bond donors (Lipinski definition) is 2. The Kier molecular flexibility index (Phi) is 2.23. The SMILES string of the molecule is O=CNc1cc(Cl)cc2c1[nH]c1cnccc12. The van der Waals surface area contributed by atoms with Crippen molar-refractivity contribution in [3.05, 3.63) is 35.6 Å². The molecule has 1 aromatic carbocycles. The standard InChI is InChI=1S/C12H8ClN3O/c13-7-3-9-8-1-2-14-5-11(8)16-12(9)10(4-7)15-6-17/h1-6,16H,(H,15,17). The second-order valence-corrected chi connectivity index (χ2v) is 4.12. The quantitative estimate of drug-likeness (QED) is 0.682.